The highest BCUT2D eigenvalue weighted by atomic mass is 35.5. The van der Waals surface area contributed by atoms with E-state index in [4.69, 9.17) is 33.7 Å². The van der Waals surface area contributed by atoms with Crippen LogP contribution in [0, 0.1) is 19.8 Å². The van der Waals surface area contributed by atoms with Gasteiger partial charge in [0.05, 0.1) is 10.6 Å². The van der Waals surface area contributed by atoms with Crippen LogP contribution in [0.25, 0.3) is 10.9 Å². The average Bonchev–Trinajstić information content (AvgIpc) is 3.56. The number of piperazine rings is 1. The van der Waals surface area contributed by atoms with Crippen molar-refractivity contribution in [3.05, 3.63) is 63.3 Å². The minimum absolute atomic E-state index is 0.0371. The molecule has 3 heterocycles. The number of nitrogens with one attached hydrogen (secondary N) is 2. The molecule has 0 bridgehead atoms. The van der Waals surface area contributed by atoms with Crippen molar-refractivity contribution in [1.29, 1.82) is 0 Å². The number of aryl methyl sites for hydroxylation is 2. The molecule has 3 fully saturated rings. The number of piperidine rings is 1. The molecular weight excluding hydrogens is 699 g/mol. The first-order valence-electron chi connectivity index (χ1n) is 17.3. The summed E-state index contributed by atoms with van der Waals surface area (Å²) in [6.07, 6.45) is 3.96. The van der Waals surface area contributed by atoms with Gasteiger partial charge in [0, 0.05) is 54.4 Å². The Kier molecular flexibility index (Phi) is 10.7. The first-order chi connectivity index (χ1) is 23.7. The molecule has 1 aliphatic carbocycles. The van der Waals surface area contributed by atoms with Crippen LogP contribution in [0.1, 0.15) is 62.3 Å². The fourth-order valence-corrected chi connectivity index (χ4v) is 9.99. The van der Waals surface area contributed by atoms with Gasteiger partial charge in [-0.3, -0.25) is 9.59 Å². The monoisotopic (exact) mass is 744 g/mol. The molecule has 3 aliphatic rings. The molecule has 2 aliphatic heterocycles. The van der Waals surface area contributed by atoms with Gasteiger partial charge in [0.1, 0.15) is 28.3 Å². The van der Waals surface area contributed by atoms with E-state index in [0.29, 0.717) is 62.1 Å². The van der Waals surface area contributed by atoms with Crippen LogP contribution >= 0.6 is 23.2 Å². The minimum Gasteiger partial charge on any atom is -0.487 e. The van der Waals surface area contributed by atoms with Crippen LogP contribution in [0.2, 0.25) is 10.0 Å². The summed E-state index contributed by atoms with van der Waals surface area (Å²) in [6, 6.07) is 10.5. The summed E-state index contributed by atoms with van der Waals surface area (Å²) in [5.41, 5.74) is 7.17. The van der Waals surface area contributed by atoms with Crippen molar-refractivity contribution in [2.45, 2.75) is 81.9 Å². The Hall–Kier alpha value is -3.00. The van der Waals surface area contributed by atoms with Crippen molar-refractivity contribution >= 4 is 55.9 Å². The molecule has 1 aromatic heterocycles. The summed E-state index contributed by atoms with van der Waals surface area (Å²) in [4.78, 5) is 35.5. The quantitative estimate of drug-likeness (QED) is 0.286. The number of hydrogen-bond acceptors (Lipinski definition) is 8. The first-order valence-corrected chi connectivity index (χ1v) is 19.6. The number of benzene rings is 2. The van der Waals surface area contributed by atoms with Crippen LogP contribution in [0.3, 0.4) is 0 Å². The van der Waals surface area contributed by atoms with E-state index in [2.05, 4.69) is 15.0 Å². The van der Waals surface area contributed by atoms with Crippen LogP contribution in [-0.4, -0.2) is 85.4 Å². The third kappa shape index (κ3) is 7.20. The zero-order valence-corrected chi connectivity index (χ0v) is 31.2. The summed E-state index contributed by atoms with van der Waals surface area (Å²) in [5, 5.41) is 4.46. The summed E-state index contributed by atoms with van der Waals surface area (Å²) in [5.74, 6) is 0.149. The maximum atomic E-state index is 14.2. The number of amides is 2. The maximum absolute atomic E-state index is 14.2. The van der Waals surface area contributed by atoms with Crippen LogP contribution in [0.5, 0.6) is 5.75 Å². The van der Waals surface area contributed by atoms with Gasteiger partial charge in [0.15, 0.2) is 0 Å². The highest BCUT2D eigenvalue weighted by molar-refractivity contribution is 7.89. The molecule has 2 aromatic carbocycles. The van der Waals surface area contributed by atoms with Gasteiger partial charge in [-0.05, 0) is 88.7 Å². The Labute approximate surface area is 304 Å². The third-order valence-corrected chi connectivity index (χ3v) is 13.1. The zero-order chi connectivity index (χ0) is 35.8. The summed E-state index contributed by atoms with van der Waals surface area (Å²) < 4.78 is 37.0. The predicted molar refractivity (Wildman–Crippen MR) is 195 cm³/mol. The van der Waals surface area contributed by atoms with Crippen molar-refractivity contribution in [2.75, 3.05) is 39.3 Å². The average molecular weight is 746 g/mol. The lowest BCUT2D eigenvalue weighted by Gasteiger charge is -2.43. The zero-order valence-electron chi connectivity index (χ0n) is 28.9. The lowest BCUT2D eigenvalue weighted by molar-refractivity contribution is -0.146. The largest absolute Gasteiger partial charge is 0.487 e. The molecule has 0 radical (unpaired) electrons. The smallest absolute Gasteiger partial charge is 0.243 e. The number of nitrogens with zero attached hydrogens (tertiary/aromatic N) is 3. The number of ether oxygens (including phenoxy) is 1. The molecule has 4 N–H and O–H groups in total. The van der Waals surface area contributed by atoms with Crippen molar-refractivity contribution in [3.63, 3.8) is 0 Å². The molecule has 14 heteroatoms. The fraction of sp³-hybridized carbons (Fsp3) is 0.528. The molecule has 270 valence electrons. The van der Waals surface area contributed by atoms with E-state index in [1.165, 1.54) is 12.1 Å². The van der Waals surface area contributed by atoms with E-state index in [-0.39, 0.29) is 52.4 Å². The van der Waals surface area contributed by atoms with Crippen LogP contribution in [0.15, 0.2) is 41.3 Å². The van der Waals surface area contributed by atoms with Crippen LogP contribution in [0.4, 0.5) is 0 Å². The second-order valence-electron chi connectivity index (χ2n) is 14.2. The summed E-state index contributed by atoms with van der Waals surface area (Å²) in [7, 11) is -4.28. The van der Waals surface area contributed by atoms with Gasteiger partial charge in [0.25, 0.3) is 0 Å². The van der Waals surface area contributed by atoms with Gasteiger partial charge in [-0.25, -0.2) is 13.4 Å². The van der Waals surface area contributed by atoms with E-state index >= 15 is 0 Å². The van der Waals surface area contributed by atoms with Gasteiger partial charge < -0.3 is 25.6 Å². The number of carbonyl (C=O) groups excluding carboxylic acids is 2. The summed E-state index contributed by atoms with van der Waals surface area (Å²) in [6.45, 7) is 8.49. The Morgan fingerprint density at radius 2 is 1.78 bits per heavy atom. The van der Waals surface area contributed by atoms with E-state index in [1.807, 2.05) is 32.0 Å². The third-order valence-electron chi connectivity index (χ3n) is 10.6. The molecule has 1 saturated carbocycles. The molecule has 11 nitrogen and oxygen atoms in total. The Morgan fingerprint density at radius 1 is 1.08 bits per heavy atom. The number of sulfonamides is 1. The minimum atomic E-state index is -4.28. The molecule has 2 atom stereocenters. The van der Waals surface area contributed by atoms with Crippen LogP contribution < -0.4 is 20.5 Å². The number of fused-ring (bicyclic) bond motifs is 1. The number of halogens is 2. The van der Waals surface area contributed by atoms with Gasteiger partial charge in [-0.1, -0.05) is 48.2 Å². The van der Waals surface area contributed by atoms with Crippen LogP contribution in [-0.2, 0) is 26.2 Å². The number of aromatic nitrogens is 1. The first kappa shape index (κ1) is 36.8. The van der Waals surface area contributed by atoms with Gasteiger partial charge >= 0.3 is 0 Å². The van der Waals surface area contributed by atoms with E-state index in [1.54, 1.807) is 22.8 Å². The standard InChI is InChI=1S/C36H46Cl2N6O5S/c1-23-20-24(2)41-32-26(23)9-6-10-29(32)49-22-27-28(37)11-12-30(31(27)38)50(47,48)42-36(13-4-5-14-36)34(46)44-18-16-43(17-19-44)33(45)35(3,39)25-8-7-15-40-21-25/h6,9-12,20,25,40,42H,4-5,7-8,13-19,21-22,39H2,1-3H3/t25?,35-/m0/s1. The van der Waals surface area contributed by atoms with E-state index in [0.717, 1.165) is 36.0 Å². The molecule has 0 spiro atoms. The molecule has 2 saturated heterocycles. The second-order valence-corrected chi connectivity index (χ2v) is 16.6. The van der Waals surface area contributed by atoms with Gasteiger partial charge in [-0.2, -0.15) is 4.72 Å². The topological polar surface area (TPSA) is 147 Å². The summed E-state index contributed by atoms with van der Waals surface area (Å²) >= 11 is 13.3. The van der Waals surface area contributed by atoms with Crippen molar-refractivity contribution in [2.24, 2.45) is 11.7 Å². The number of nitrogens with two attached hydrogens (primary N) is 1. The molecular formula is C36H46Cl2N6O5S. The maximum Gasteiger partial charge on any atom is 0.243 e. The van der Waals surface area contributed by atoms with Crippen molar-refractivity contribution in [3.8, 4) is 5.75 Å². The second kappa shape index (κ2) is 14.6. The van der Waals surface area contributed by atoms with Crippen molar-refractivity contribution < 1.29 is 22.7 Å². The number of pyridine rings is 1. The normalized spacial score (nSPS) is 20.9. The van der Waals surface area contributed by atoms with Gasteiger partial charge in [0.2, 0.25) is 21.8 Å². The number of hydrogen-bond donors (Lipinski definition) is 3. The molecule has 3 aromatic rings. The van der Waals surface area contributed by atoms with E-state index < -0.39 is 21.1 Å². The van der Waals surface area contributed by atoms with Crippen molar-refractivity contribution in [1.82, 2.24) is 24.8 Å². The number of para-hydroxylation sites is 1. The lowest BCUT2D eigenvalue weighted by atomic mass is 9.80. The molecule has 50 heavy (non-hydrogen) atoms. The lowest BCUT2D eigenvalue weighted by Crippen LogP contribution is -2.65. The molecule has 2 amide bonds. The highest BCUT2D eigenvalue weighted by Crippen LogP contribution is 2.37. The number of carbonyl (C=O) groups is 2. The molecule has 6 rings (SSSR count). The number of rotatable bonds is 9. The fourth-order valence-electron chi connectivity index (χ4n) is 7.68. The van der Waals surface area contributed by atoms with E-state index in [9.17, 15) is 18.0 Å². The molecule has 1 unspecified atom stereocenters. The Bertz CT molecular complexity index is 1890. The SMILES string of the molecule is Cc1cc(C)c2cccc(OCc3c(Cl)ccc(S(=O)(=O)NC4(C(=O)N5CCN(C(=O)[C@@](C)(N)C6CCCNC6)CC5)CCCC4)c3Cl)c2n1. The Balaban J connectivity index is 1.17. The highest BCUT2D eigenvalue weighted by Gasteiger charge is 2.48. The predicted octanol–water partition coefficient (Wildman–Crippen LogP) is 4.72. The van der Waals surface area contributed by atoms with Gasteiger partial charge in [-0.15, -0.1) is 0 Å². The Morgan fingerprint density at radius 3 is 2.46 bits per heavy atom.